The van der Waals surface area contributed by atoms with Gasteiger partial charge in [0, 0.05) is 36.6 Å². The molecule has 4 aromatic rings. The van der Waals surface area contributed by atoms with Crippen molar-refractivity contribution in [1.29, 1.82) is 0 Å². The molecule has 3 heterocycles. The molecule has 3 aromatic heterocycles. The Morgan fingerprint density at radius 2 is 2.00 bits per heavy atom. The Balaban J connectivity index is 1.87. The van der Waals surface area contributed by atoms with E-state index in [4.69, 9.17) is 11.6 Å². The van der Waals surface area contributed by atoms with E-state index in [1.165, 1.54) is 13.2 Å². The van der Waals surface area contributed by atoms with Gasteiger partial charge in [0.15, 0.2) is 17.3 Å². The number of anilines is 1. The second-order valence-electron chi connectivity index (χ2n) is 8.08. The number of carbonyl (C=O) groups excluding carboxylic acids is 1. The molecule has 1 aromatic carbocycles. The molecule has 2 N–H and O–H groups in total. The standard InChI is InChI=1S/C23H21ClF2N6O4/c1-4-32-9-12(7-27-32)18(14-5-16(25)17(26)6-15(14)24)11(2)21-30-19(20(33)23(35)31(21)3)22(34)29-13-8-28-36-10-13/h5-11,18,33H,4H2,1-3H3,(H,29,34)/t11-,18+/m1/s1. The molecule has 0 saturated heterocycles. The highest BCUT2D eigenvalue weighted by Gasteiger charge is 2.32. The van der Waals surface area contributed by atoms with Gasteiger partial charge in [0.05, 0.1) is 12.4 Å². The Morgan fingerprint density at radius 1 is 1.28 bits per heavy atom. The van der Waals surface area contributed by atoms with Crippen LogP contribution in [0.25, 0.3) is 0 Å². The predicted octanol–water partition coefficient (Wildman–Crippen LogP) is 3.81. The molecule has 188 valence electrons. The Bertz CT molecular complexity index is 1480. The van der Waals surface area contributed by atoms with Crippen LogP contribution in [0.2, 0.25) is 5.02 Å². The van der Waals surface area contributed by atoms with Gasteiger partial charge in [-0.1, -0.05) is 23.7 Å². The van der Waals surface area contributed by atoms with Crippen LogP contribution >= 0.6 is 11.6 Å². The lowest BCUT2D eigenvalue weighted by Gasteiger charge is -2.26. The first-order chi connectivity index (χ1) is 17.1. The maximum absolute atomic E-state index is 14.3. The highest BCUT2D eigenvalue weighted by atomic mass is 35.5. The summed E-state index contributed by atoms with van der Waals surface area (Å²) >= 11 is 6.33. The zero-order valence-corrected chi connectivity index (χ0v) is 20.1. The van der Waals surface area contributed by atoms with Gasteiger partial charge in [-0.2, -0.15) is 5.10 Å². The van der Waals surface area contributed by atoms with Crippen LogP contribution in [-0.2, 0) is 13.6 Å². The summed E-state index contributed by atoms with van der Waals surface area (Å²) in [7, 11) is 1.38. The average molecular weight is 519 g/mol. The minimum Gasteiger partial charge on any atom is -0.501 e. The van der Waals surface area contributed by atoms with Gasteiger partial charge in [-0.15, -0.1) is 0 Å². The summed E-state index contributed by atoms with van der Waals surface area (Å²) in [4.78, 5) is 29.9. The van der Waals surface area contributed by atoms with Crippen LogP contribution < -0.4 is 10.9 Å². The van der Waals surface area contributed by atoms with E-state index in [2.05, 4.69) is 25.1 Å². The molecule has 1 amide bonds. The number of carbonyl (C=O) groups is 1. The van der Waals surface area contributed by atoms with E-state index in [-0.39, 0.29) is 22.1 Å². The minimum atomic E-state index is -1.11. The summed E-state index contributed by atoms with van der Waals surface area (Å²) in [5.41, 5.74) is -0.385. The van der Waals surface area contributed by atoms with Crippen LogP contribution in [-0.4, -0.2) is 35.5 Å². The van der Waals surface area contributed by atoms with Gasteiger partial charge < -0.3 is 14.9 Å². The highest BCUT2D eigenvalue weighted by Crippen LogP contribution is 2.41. The quantitative estimate of drug-likeness (QED) is 0.356. The SMILES string of the molecule is CCn1cc([C@@H](c2cc(F)c(F)cc2Cl)[C@@H](C)c2nc(C(=O)Nc3cnoc3)c(O)c(=O)n2C)cn1. The van der Waals surface area contributed by atoms with Crippen molar-refractivity contribution in [2.75, 3.05) is 5.32 Å². The van der Waals surface area contributed by atoms with Gasteiger partial charge in [0.25, 0.3) is 11.5 Å². The number of aromatic hydroxyl groups is 1. The van der Waals surface area contributed by atoms with Crippen molar-refractivity contribution in [3.63, 3.8) is 0 Å². The molecular formula is C23H21ClF2N6O4. The number of hydrogen-bond donors (Lipinski definition) is 2. The molecule has 0 fully saturated rings. The van der Waals surface area contributed by atoms with E-state index in [1.54, 1.807) is 24.0 Å². The van der Waals surface area contributed by atoms with E-state index in [9.17, 15) is 23.5 Å². The van der Waals surface area contributed by atoms with Crippen LogP contribution in [0, 0.1) is 11.6 Å². The first-order valence-electron chi connectivity index (χ1n) is 10.8. The van der Waals surface area contributed by atoms with Crippen molar-refractivity contribution in [2.24, 2.45) is 7.05 Å². The van der Waals surface area contributed by atoms with Crippen molar-refractivity contribution in [1.82, 2.24) is 24.5 Å². The number of nitrogens with zero attached hydrogens (tertiary/aromatic N) is 5. The molecule has 0 aliphatic carbocycles. The molecule has 0 aliphatic heterocycles. The summed E-state index contributed by atoms with van der Waals surface area (Å²) in [5, 5.41) is 20.5. The van der Waals surface area contributed by atoms with Crippen molar-refractivity contribution >= 4 is 23.2 Å². The summed E-state index contributed by atoms with van der Waals surface area (Å²) in [6, 6.07) is 1.86. The maximum atomic E-state index is 14.3. The van der Waals surface area contributed by atoms with Gasteiger partial charge in [-0.25, -0.2) is 13.8 Å². The number of aromatic nitrogens is 5. The summed E-state index contributed by atoms with van der Waals surface area (Å²) < 4.78 is 35.5. The minimum absolute atomic E-state index is 0.0378. The maximum Gasteiger partial charge on any atom is 0.296 e. The topological polar surface area (TPSA) is 128 Å². The fraction of sp³-hybridized carbons (Fsp3) is 0.261. The molecule has 0 radical (unpaired) electrons. The number of amides is 1. The second kappa shape index (κ2) is 9.90. The molecule has 13 heteroatoms. The summed E-state index contributed by atoms with van der Waals surface area (Å²) in [6.45, 7) is 4.12. The Kier molecular flexibility index (Phi) is 6.88. The van der Waals surface area contributed by atoms with Crippen molar-refractivity contribution in [2.45, 2.75) is 32.2 Å². The van der Waals surface area contributed by atoms with E-state index in [0.717, 1.165) is 23.0 Å². The van der Waals surface area contributed by atoms with Crippen LogP contribution in [0.4, 0.5) is 14.5 Å². The molecule has 0 bridgehead atoms. The van der Waals surface area contributed by atoms with Crippen molar-refractivity contribution in [3.8, 4) is 5.75 Å². The molecule has 0 unspecified atom stereocenters. The number of rotatable bonds is 7. The lowest BCUT2D eigenvalue weighted by atomic mass is 9.82. The number of aryl methyl sites for hydroxylation is 1. The second-order valence-corrected chi connectivity index (χ2v) is 8.49. The third kappa shape index (κ3) is 4.59. The largest absolute Gasteiger partial charge is 0.501 e. The fourth-order valence-corrected chi connectivity index (χ4v) is 4.27. The van der Waals surface area contributed by atoms with Crippen molar-refractivity contribution in [3.05, 3.63) is 86.6 Å². The first-order valence-corrected chi connectivity index (χ1v) is 11.2. The molecule has 0 aliphatic rings. The zero-order valence-electron chi connectivity index (χ0n) is 19.4. The number of benzene rings is 1. The van der Waals surface area contributed by atoms with E-state index >= 15 is 0 Å². The average Bonchev–Trinajstić information content (AvgIpc) is 3.53. The van der Waals surface area contributed by atoms with E-state index in [1.807, 2.05) is 6.92 Å². The Labute approximate surface area is 208 Å². The number of nitrogens with one attached hydrogen (secondary N) is 1. The monoisotopic (exact) mass is 518 g/mol. The molecule has 10 nitrogen and oxygen atoms in total. The van der Waals surface area contributed by atoms with E-state index in [0.29, 0.717) is 12.1 Å². The summed E-state index contributed by atoms with van der Waals surface area (Å²) in [5.74, 6) is -5.32. The van der Waals surface area contributed by atoms with Crippen LogP contribution in [0.5, 0.6) is 5.75 Å². The van der Waals surface area contributed by atoms with Gasteiger partial charge >= 0.3 is 0 Å². The Hall–Kier alpha value is -4.06. The highest BCUT2D eigenvalue weighted by molar-refractivity contribution is 6.31. The normalized spacial score (nSPS) is 12.9. The number of hydrogen-bond acceptors (Lipinski definition) is 7. The molecule has 0 spiro atoms. The summed E-state index contributed by atoms with van der Waals surface area (Å²) in [6.07, 6.45) is 5.66. The van der Waals surface area contributed by atoms with E-state index < -0.39 is 46.4 Å². The van der Waals surface area contributed by atoms with Crippen LogP contribution in [0.3, 0.4) is 0 Å². The molecule has 2 atom stereocenters. The Morgan fingerprint density at radius 3 is 2.64 bits per heavy atom. The molecule has 4 rings (SSSR count). The zero-order chi connectivity index (χ0) is 26.1. The van der Waals surface area contributed by atoms with Gasteiger partial charge in [-0.3, -0.25) is 18.8 Å². The third-order valence-corrected chi connectivity index (χ3v) is 6.15. The predicted molar refractivity (Wildman–Crippen MR) is 125 cm³/mol. The van der Waals surface area contributed by atoms with Gasteiger partial charge in [-0.05, 0) is 30.2 Å². The third-order valence-electron chi connectivity index (χ3n) is 5.83. The molecule has 0 saturated carbocycles. The van der Waals surface area contributed by atoms with Crippen LogP contribution in [0.15, 0.2) is 46.3 Å². The van der Waals surface area contributed by atoms with Gasteiger partial charge in [0.1, 0.15) is 17.8 Å². The van der Waals surface area contributed by atoms with Gasteiger partial charge in [0.2, 0.25) is 5.75 Å². The lowest BCUT2D eigenvalue weighted by Crippen LogP contribution is -2.29. The fourth-order valence-electron chi connectivity index (χ4n) is 4.01. The van der Waals surface area contributed by atoms with Crippen molar-refractivity contribution < 1.29 is 23.2 Å². The molecular weight excluding hydrogens is 498 g/mol. The van der Waals surface area contributed by atoms with Crippen LogP contribution in [0.1, 0.15) is 53.1 Å². The number of halogens is 3. The lowest BCUT2D eigenvalue weighted by molar-refractivity contribution is 0.101. The molecule has 36 heavy (non-hydrogen) atoms. The smallest absolute Gasteiger partial charge is 0.296 e. The first kappa shape index (κ1) is 25.0.